The van der Waals surface area contributed by atoms with Crippen molar-refractivity contribution in [2.75, 3.05) is 0 Å². The Morgan fingerprint density at radius 2 is 2.40 bits per heavy atom. The predicted molar refractivity (Wildman–Crippen MR) is 48.7 cm³/mol. The molecule has 4 heteroatoms. The van der Waals surface area contributed by atoms with Crippen LogP contribution in [-0.4, -0.2) is 11.1 Å². The summed E-state index contributed by atoms with van der Waals surface area (Å²) in [4.78, 5) is 11.9. The van der Waals surface area contributed by atoms with E-state index in [1.807, 2.05) is 35.6 Å². The van der Waals surface area contributed by atoms with Gasteiger partial charge in [0.1, 0.15) is 4.88 Å². The third-order valence-electron chi connectivity index (χ3n) is 1.00. The number of carboxylic acids is 1. The molecule has 2 nitrogen and oxygen atoms in total. The van der Waals surface area contributed by atoms with Crippen LogP contribution in [0.4, 0.5) is 0 Å². The Hall–Kier alpha value is -0.100. The van der Waals surface area contributed by atoms with Crippen LogP contribution < -0.4 is 0 Å². The minimum absolute atomic E-state index is 0.443. The molecular formula is C6H5IO2S. The van der Waals surface area contributed by atoms with E-state index in [9.17, 15) is 4.79 Å². The summed E-state index contributed by atoms with van der Waals surface area (Å²) in [5.41, 5.74) is 0. The van der Waals surface area contributed by atoms with E-state index in [1.165, 1.54) is 11.3 Å². The molecule has 0 atom stereocenters. The van der Waals surface area contributed by atoms with Crippen molar-refractivity contribution in [3.63, 3.8) is 0 Å². The van der Waals surface area contributed by atoms with Crippen LogP contribution in [0.5, 0.6) is 0 Å². The second-order valence-corrected chi connectivity index (χ2v) is 4.26. The Morgan fingerprint density at radius 3 is 2.60 bits per heavy atom. The molecule has 1 N–H and O–H groups in total. The minimum Gasteiger partial charge on any atom is -0.477 e. The highest BCUT2D eigenvalue weighted by Gasteiger charge is 2.10. The van der Waals surface area contributed by atoms with Crippen molar-refractivity contribution < 1.29 is 9.90 Å². The number of aryl methyl sites for hydroxylation is 1. The molecule has 0 aliphatic heterocycles. The van der Waals surface area contributed by atoms with E-state index in [1.54, 1.807) is 0 Å². The molecule has 0 aliphatic carbocycles. The van der Waals surface area contributed by atoms with Gasteiger partial charge in [-0.3, -0.25) is 0 Å². The van der Waals surface area contributed by atoms with E-state index in [4.69, 9.17) is 5.11 Å². The summed E-state index contributed by atoms with van der Waals surface area (Å²) >= 11 is 3.34. The molecule has 0 amide bonds. The number of thiophene rings is 1. The molecule has 1 aromatic heterocycles. The first-order valence-electron chi connectivity index (χ1n) is 2.60. The van der Waals surface area contributed by atoms with E-state index in [2.05, 4.69) is 0 Å². The van der Waals surface area contributed by atoms with Crippen molar-refractivity contribution in [1.29, 1.82) is 0 Å². The fourth-order valence-corrected chi connectivity index (χ4v) is 2.61. The predicted octanol–water partition coefficient (Wildman–Crippen LogP) is 2.36. The molecule has 1 aromatic rings. The van der Waals surface area contributed by atoms with Gasteiger partial charge in [0, 0.05) is 8.45 Å². The molecule has 10 heavy (non-hydrogen) atoms. The summed E-state index contributed by atoms with van der Waals surface area (Å²) in [6.07, 6.45) is 0. The van der Waals surface area contributed by atoms with Crippen LogP contribution in [0.2, 0.25) is 0 Å². The number of carboxylic acid groups (broad SMARTS) is 1. The summed E-state index contributed by atoms with van der Waals surface area (Å²) in [5, 5.41) is 8.58. The van der Waals surface area contributed by atoms with Crippen molar-refractivity contribution in [2.24, 2.45) is 0 Å². The Labute approximate surface area is 76.0 Å². The van der Waals surface area contributed by atoms with Crippen LogP contribution in [0.3, 0.4) is 0 Å². The largest absolute Gasteiger partial charge is 0.477 e. The Bertz CT molecular complexity index is 267. The zero-order valence-electron chi connectivity index (χ0n) is 5.22. The fourth-order valence-electron chi connectivity index (χ4n) is 0.629. The van der Waals surface area contributed by atoms with E-state index >= 15 is 0 Å². The highest BCUT2D eigenvalue weighted by Crippen LogP contribution is 2.22. The zero-order valence-corrected chi connectivity index (χ0v) is 8.19. The monoisotopic (exact) mass is 268 g/mol. The fraction of sp³-hybridized carbons (Fsp3) is 0.167. The standard InChI is InChI=1S/C6H5IO2S/c1-3-2-4(7)5(10-3)6(8)9/h2H,1H3,(H,8,9). The molecule has 0 saturated heterocycles. The van der Waals surface area contributed by atoms with Crippen molar-refractivity contribution in [3.8, 4) is 0 Å². The van der Waals surface area contributed by atoms with Gasteiger partial charge in [0.25, 0.3) is 0 Å². The maximum Gasteiger partial charge on any atom is 0.346 e. The summed E-state index contributed by atoms with van der Waals surface area (Å²) in [7, 11) is 0. The number of aromatic carboxylic acids is 1. The van der Waals surface area contributed by atoms with Gasteiger partial charge in [0.05, 0.1) is 0 Å². The highest BCUT2D eigenvalue weighted by atomic mass is 127. The smallest absolute Gasteiger partial charge is 0.346 e. The van der Waals surface area contributed by atoms with Gasteiger partial charge in [-0.05, 0) is 35.6 Å². The number of halogens is 1. The minimum atomic E-state index is -0.831. The number of carbonyl (C=O) groups is 1. The maximum absolute atomic E-state index is 10.4. The molecule has 0 aliphatic rings. The van der Waals surface area contributed by atoms with E-state index in [0.29, 0.717) is 4.88 Å². The molecule has 0 unspecified atom stereocenters. The quantitative estimate of drug-likeness (QED) is 0.794. The lowest BCUT2D eigenvalue weighted by atomic mass is 10.4. The normalized spacial score (nSPS) is 9.80. The van der Waals surface area contributed by atoms with Crippen molar-refractivity contribution in [1.82, 2.24) is 0 Å². The van der Waals surface area contributed by atoms with E-state index in [-0.39, 0.29) is 0 Å². The summed E-state index contributed by atoms with van der Waals surface area (Å²) in [5.74, 6) is -0.831. The van der Waals surface area contributed by atoms with Gasteiger partial charge in [-0.15, -0.1) is 11.3 Å². The lowest BCUT2D eigenvalue weighted by Gasteiger charge is -1.84. The topological polar surface area (TPSA) is 37.3 Å². The first-order valence-corrected chi connectivity index (χ1v) is 4.50. The van der Waals surface area contributed by atoms with Gasteiger partial charge in [0.15, 0.2) is 0 Å². The number of hydrogen-bond acceptors (Lipinski definition) is 2. The third-order valence-corrected chi connectivity index (χ3v) is 3.26. The van der Waals surface area contributed by atoms with Crippen LogP contribution >= 0.6 is 33.9 Å². The molecule has 1 heterocycles. The average molecular weight is 268 g/mol. The van der Waals surface area contributed by atoms with Crippen molar-refractivity contribution in [2.45, 2.75) is 6.92 Å². The summed E-state index contributed by atoms with van der Waals surface area (Å²) in [6.45, 7) is 1.90. The van der Waals surface area contributed by atoms with Gasteiger partial charge in [-0.25, -0.2) is 4.79 Å². The SMILES string of the molecule is Cc1cc(I)c(C(=O)O)s1. The first kappa shape index (κ1) is 8.00. The Morgan fingerprint density at radius 1 is 1.80 bits per heavy atom. The molecule has 0 radical (unpaired) electrons. The maximum atomic E-state index is 10.4. The van der Waals surface area contributed by atoms with E-state index in [0.717, 1.165) is 8.45 Å². The number of hydrogen-bond donors (Lipinski definition) is 1. The van der Waals surface area contributed by atoms with Gasteiger partial charge >= 0.3 is 5.97 Å². The van der Waals surface area contributed by atoms with Gasteiger partial charge in [-0.2, -0.15) is 0 Å². The molecular weight excluding hydrogens is 263 g/mol. The Balaban J connectivity index is 3.15. The molecule has 54 valence electrons. The first-order chi connectivity index (χ1) is 4.61. The van der Waals surface area contributed by atoms with Crippen molar-refractivity contribution >= 4 is 39.9 Å². The summed E-state index contributed by atoms with van der Waals surface area (Å²) in [6, 6.07) is 1.87. The van der Waals surface area contributed by atoms with Crippen LogP contribution in [-0.2, 0) is 0 Å². The van der Waals surface area contributed by atoms with Crippen LogP contribution in [0, 0.1) is 10.5 Å². The van der Waals surface area contributed by atoms with Gasteiger partial charge in [-0.1, -0.05) is 0 Å². The molecule has 0 bridgehead atoms. The van der Waals surface area contributed by atoms with Gasteiger partial charge < -0.3 is 5.11 Å². The second kappa shape index (κ2) is 2.87. The summed E-state index contributed by atoms with van der Waals surface area (Å²) < 4.78 is 0.826. The highest BCUT2D eigenvalue weighted by molar-refractivity contribution is 14.1. The lowest BCUT2D eigenvalue weighted by Crippen LogP contribution is -1.92. The molecule has 1 rings (SSSR count). The molecule has 0 fully saturated rings. The molecule has 0 spiro atoms. The van der Waals surface area contributed by atoms with Gasteiger partial charge in [0.2, 0.25) is 0 Å². The third kappa shape index (κ3) is 1.49. The molecule has 0 aromatic carbocycles. The number of rotatable bonds is 1. The second-order valence-electron chi connectivity index (χ2n) is 1.84. The van der Waals surface area contributed by atoms with E-state index < -0.39 is 5.97 Å². The Kier molecular flexibility index (Phi) is 2.30. The van der Waals surface area contributed by atoms with Crippen LogP contribution in [0.1, 0.15) is 14.5 Å². The zero-order chi connectivity index (χ0) is 7.72. The molecule has 0 saturated carbocycles. The van der Waals surface area contributed by atoms with Crippen LogP contribution in [0.15, 0.2) is 6.07 Å². The lowest BCUT2D eigenvalue weighted by molar-refractivity contribution is 0.0701. The van der Waals surface area contributed by atoms with Crippen LogP contribution in [0.25, 0.3) is 0 Å². The van der Waals surface area contributed by atoms with Crippen molar-refractivity contribution in [3.05, 3.63) is 19.4 Å². The average Bonchev–Trinajstić information content (AvgIpc) is 2.10.